The molecular formula is C12H29IN4O3S. The zero-order chi connectivity index (χ0) is 15.3. The van der Waals surface area contributed by atoms with Gasteiger partial charge in [0.25, 0.3) is 0 Å². The number of nitrogens with one attached hydrogen (secondary N) is 3. The maximum atomic E-state index is 10.9. The van der Waals surface area contributed by atoms with Gasteiger partial charge in [-0.3, -0.25) is 4.99 Å². The van der Waals surface area contributed by atoms with Gasteiger partial charge in [-0.05, 0) is 26.7 Å². The lowest BCUT2D eigenvalue weighted by Crippen LogP contribution is -2.38. The summed E-state index contributed by atoms with van der Waals surface area (Å²) in [7, 11) is -3.10. The molecule has 0 atom stereocenters. The zero-order valence-corrected chi connectivity index (χ0v) is 16.3. The van der Waals surface area contributed by atoms with E-state index in [0.29, 0.717) is 26.1 Å². The van der Waals surface area contributed by atoms with Crippen molar-refractivity contribution in [2.45, 2.75) is 26.7 Å². The molecule has 0 aliphatic rings. The van der Waals surface area contributed by atoms with Gasteiger partial charge < -0.3 is 15.4 Å². The van der Waals surface area contributed by atoms with Crippen LogP contribution in [0.4, 0.5) is 0 Å². The van der Waals surface area contributed by atoms with Gasteiger partial charge in [-0.25, -0.2) is 13.1 Å². The number of ether oxygens (including phenoxy) is 1. The molecule has 3 N–H and O–H groups in total. The summed E-state index contributed by atoms with van der Waals surface area (Å²) in [5, 5.41) is 6.30. The number of rotatable bonds is 11. The predicted molar refractivity (Wildman–Crippen MR) is 98.0 cm³/mol. The number of hydrogen-bond acceptors (Lipinski definition) is 4. The van der Waals surface area contributed by atoms with Crippen LogP contribution in [0.15, 0.2) is 4.99 Å². The number of halogens is 1. The van der Waals surface area contributed by atoms with E-state index < -0.39 is 10.0 Å². The van der Waals surface area contributed by atoms with Gasteiger partial charge in [-0.2, -0.15) is 0 Å². The Kier molecular flexibility index (Phi) is 16.3. The van der Waals surface area contributed by atoms with Crippen molar-refractivity contribution in [1.29, 1.82) is 0 Å². The lowest BCUT2D eigenvalue weighted by molar-refractivity contribution is 0.146. The Labute approximate surface area is 145 Å². The highest BCUT2D eigenvalue weighted by Gasteiger charge is 2.00. The number of aliphatic imine (C=N–C) groups is 1. The first-order valence-electron chi connectivity index (χ1n) is 7.04. The van der Waals surface area contributed by atoms with Crippen molar-refractivity contribution in [3.05, 3.63) is 0 Å². The molecule has 0 spiro atoms. The smallest absolute Gasteiger partial charge is 0.208 e. The second kappa shape index (κ2) is 14.8. The summed E-state index contributed by atoms with van der Waals surface area (Å²) in [6.45, 7) is 8.01. The molecular weight excluding hydrogens is 407 g/mol. The molecule has 9 heteroatoms. The van der Waals surface area contributed by atoms with E-state index in [0.717, 1.165) is 38.4 Å². The van der Waals surface area contributed by atoms with Crippen LogP contribution in [0.3, 0.4) is 0 Å². The maximum Gasteiger partial charge on any atom is 0.208 e. The van der Waals surface area contributed by atoms with E-state index in [-0.39, 0.29) is 24.0 Å². The molecule has 0 aromatic carbocycles. The van der Waals surface area contributed by atoms with Crippen LogP contribution in [0.25, 0.3) is 0 Å². The number of guanidine groups is 1. The van der Waals surface area contributed by atoms with Crippen LogP contribution in [0.2, 0.25) is 0 Å². The largest absolute Gasteiger partial charge is 0.382 e. The Balaban J connectivity index is 0. The zero-order valence-electron chi connectivity index (χ0n) is 13.1. The summed E-state index contributed by atoms with van der Waals surface area (Å²) >= 11 is 0. The van der Waals surface area contributed by atoms with Crippen LogP contribution in [-0.2, 0) is 14.8 Å². The van der Waals surface area contributed by atoms with E-state index in [4.69, 9.17) is 4.74 Å². The molecule has 0 bridgehead atoms. The highest BCUT2D eigenvalue weighted by molar-refractivity contribution is 14.0. The lowest BCUT2D eigenvalue weighted by Gasteiger charge is -2.11. The van der Waals surface area contributed by atoms with E-state index in [9.17, 15) is 8.42 Å². The van der Waals surface area contributed by atoms with Crippen LogP contribution >= 0.6 is 24.0 Å². The second-order valence-corrected chi connectivity index (χ2v) is 6.09. The molecule has 0 amide bonds. The van der Waals surface area contributed by atoms with E-state index >= 15 is 0 Å². The fourth-order valence-corrected chi connectivity index (χ4v) is 1.91. The summed E-state index contributed by atoms with van der Waals surface area (Å²) in [6, 6.07) is 0. The molecule has 0 unspecified atom stereocenters. The monoisotopic (exact) mass is 436 g/mol. The van der Waals surface area contributed by atoms with Crippen molar-refractivity contribution in [2.24, 2.45) is 4.99 Å². The third kappa shape index (κ3) is 17.8. The molecule has 0 aliphatic carbocycles. The Morgan fingerprint density at radius 1 is 1.14 bits per heavy atom. The summed E-state index contributed by atoms with van der Waals surface area (Å²) in [4.78, 5) is 4.41. The molecule has 0 aromatic heterocycles. The first-order valence-corrected chi connectivity index (χ1v) is 8.93. The molecule has 0 aliphatic heterocycles. The molecule has 0 saturated carbocycles. The highest BCUT2D eigenvalue weighted by Crippen LogP contribution is 1.85. The number of nitrogens with zero attached hydrogens (tertiary/aromatic N) is 1. The van der Waals surface area contributed by atoms with Crippen LogP contribution < -0.4 is 15.4 Å². The first-order chi connectivity index (χ1) is 9.49. The van der Waals surface area contributed by atoms with Gasteiger partial charge in [-0.1, -0.05) is 0 Å². The SMILES string of the molecule is CCNC(=NCCCOCC)NCCCNS(C)(=O)=O.I. The third-order valence-electron chi connectivity index (χ3n) is 2.28. The molecule has 7 nitrogen and oxygen atoms in total. The maximum absolute atomic E-state index is 10.9. The van der Waals surface area contributed by atoms with Gasteiger partial charge >= 0.3 is 0 Å². The quantitative estimate of drug-likeness (QED) is 0.190. The van der Waals surface area contributed by atoms with Crippen molar-refractivity contribution < 1.29 is 13.2 Å². The number of hydrogen-bond donors (Lipinski definition) is 3. The van der Waals surface area contributed by atoms with E-state index in [1.54, 1.807) is 0 Å². The van der Waals surface area contributed by atoms with Crippen LogP contribution in [0.5, 0.6) is 0 Å². The predicted octanol–water partition coefficient (Wildman–Crippen LogP) is 0.525. The Morgan fingerprint density at radius 2 is 1.86 bits per heavy atom. The Bertz CT molecular complexity index is 364. The lowest BCUT2D eigenvalue weighted by atomic mass is 10.4. The minimum Gasteiger partial charge on any atom is -0.382 e. The fraction of sp³-hybridized carbons (Fsp3) is 0.917. The molecule has 0 saturated heterocycles. The summed E-state index contributed by atoms with van der Waals surface area (Å²) in [5.74, 6) is 0.753. The van der Waals surface area contributed by atoms with Crippen molar-refractivity contribution >= 4 is 40.0 Å². The van der Waals surface area contributed by atoms with E-state index in [1.807, 2.05) is 13.8 Å². The van der Waals surface area contributed by atoms with Crippen molar-refractivity contribution in [1.82, 2.24) is 15.4 Å². The van der Waals surface area contributed by atoms with E-state index in [2.05, 4.69) is 20.3 Å². The van der Waals surface area contributed by atoms with Gasteiger partial charge in [0.15, 0.2) is 5.96 Å². The Morgan fingerprint density at radius 3 is 2.43 bits per heavy atom. The molecule has 0 fully saturated rings. The van der Waals surface area contributed by atoms with Crippen molar-refractivity contribution in [3.63, 3.8) is 0 Å². The minimum atomic E-state index is -3.10. The Hall–Kier alpha value is -0.130. The number of sulfonamides is 1. The topological polar surface area (TPSA) is 91.8 Å². The third-order valence-corrected chi connectivity index (χ3v) is 3.00. The highest BCUT2D eigenvalue weighted by atomic mass is 127. The van der Waals surface area contributed by atoms with Crippen LogP contribution in [0, 0.1) is 0 Å². The molecule has 0 radical (unpaired) electrons. The van der Waals surface area contributed by atoms with Crippen molar-refractivity contribution in [2.75, 3.05) is 45.6 Å². The molecule has 0 aromatic rings. The summed E-state index contributed by atoms with van der Waals surface area (Å²) in [5.41, 5.74) is 0. The van der Waals surface area contributed by atoms with E-state index in [1.165, 1.54) is 0 Å². The molecule has 0 heterocycles. The fourth-order valence-electron chi connectivity index (χ4n) is 1.40. The average Bonchev–Trinajstić information content (AvgIpc) is 2.36. The normalized spacial score (nSPS) is 11.9. The van der Waals surface area contributed by atoms with Crippen molar-refractivity contribution in [3.8, 4) is 0 Å². The van der Waals surface area contributed by atoms with Crippen LogP contribution in [-0.4, -0.2) is 60.0 Å². The average molecular weight is 436 g/mol. The van der Waals surface area contributed by atoms with Gasteiger partial charge in [0.1, 0.15) is 0 Å². The van der Waals surface area contributed by atoms with Crippen LogP contribution in [0.1, 0.15) is 26.7 Å². The first kappa shape index (κ1) is 23.1. The van der Waals surface area contributed by atoms with Gasteiger partial charge in [-0.15, -0.1) is 24.0 Å². The molecule has 0 rings (SSSR count). The second-order valence-electron chi connectivity index (χ2n) is 4.26. The molecule has 128 valence electrons. The van der Waals surface area contributed by atoms with Gasteiger partial charge in [0.2, 0.25) is 10.0 Å². The van der Waals surface area contributed by atoms with Gasteiger partial charge in [0, 0.05) is 39.4 Å². The summed E-state index contributed by atoms with van der Waals surface area (Å²) < 4.78 is 29.5. The minimum absolute atomic E-state index is 0. The summed E-state index contributed by atoms with van der Waals surface area (Å²) in [6.07, 6.45) is 2.75. The molecule has 21 heavy (non-hydrogen) atoms. The van der Waals surface area contributed by atoms with Gasteiger partial charge in [0.05, 0.1) is 6.26 Å². The standard InChI is InChI=1S/C12H28N4O3S.HI/c1-4-13-12(15-9-7-11-19-5-2)14-8-6-10-16-20(3,17)18;/h16H,4-11H2,1-3H3,(H2,13,14,15);1H.